The lowest BCUT2D eigenvalue weighted by molar-refractivity contribution is -0.121. The van der Waals surface area contributed by atoms with Gasteiger partial charge in [-0.05, 0) is 43.7 Å². The SMILES string of the molecule is CCCCC1CCC(C(=O)Nc2nnc(SCC(=O)Nc3ccc4c(c3)OCCO4)s2)CC1. The van der Waals surface area contributed by atoms with Crippen molar-refractivity contribution in [3.05, 3.63) is 18.2 Å². The molecule has 2 heterocycles. The fourth-order valence-corrected chi connectivity index (χ4v) is 5.73. The number of carbonyl (C=O) groups is 2. The number of unbranched alkanes of at least 4 members (excludes halogenated alkanes) is 1. The molecule has 1 aromatic carbocycles. The van der Waals surface area contributed by atoms with Crippen molar-refractivity contribution in [2.24, 2.45) is 11.8 Å². The quantitative estimate of drug-likeness (QED) is 0.378. The van der Waals surface area contributed by atoms with Crippen LogP contribution in [-0.4, -0.2) is 41.0 Å². The summed E-state index contributed by atoms with van der Waals surface area (Å²) in [5.74, 6) is 2.21. The zero-order valence-corrected chi connectivity index (χ0v) is 20.4. The summed E-state index contributed by atoms with van der Waals surface area (Å²) in [6.45, 7) is 3.25. The average molecular weight is 491 g/mol. The number of anilines is 2. The summed E-state index contributed by atoms with van der Waals surface area (Å²) in [5.41, 5.74) is 0.652. The first-order chi connectivity index (χ1) is 16.1. The van der Waals surface area contributed by atoms with Crippen molar-refractivity contribution in [1.82, 2.24) is 10.2 Å². The molecule has 2 aromatic rings. The first kappa shape index (κ1) is 23.8. The lowest BCUT2D eigenvalue weighted by Crippen LogP contribution is -2.27. The number of nitrogens with one attached hydrogen (secondary N) is 2. The second-order valence-electron chi connectivity index (χ2n) is 8.42. The maximum Gasteiger partial charge on any atom is 0.234 e. The monoisotopic (exact) mass is 490 g/mol. The Kier molecular flexibility index (Phi) is 8.44. The molecule has 0 unspecified atom stereocenters. The van der Waals surface area contributed by atoms with Gasteiger partial charge in [0, 0.05) is 17.7 Å². The molecule has 178 valence electrons. The van der Waals surface area contributed by atoms with E-state index in [2.05, 4.69) is 27.8 Å². The van der Waals surface area contributed by atoms with Crippen molar-refractivity contribution < 1.29 is 19.1 Å². The van der Waals surface area contributed by atoms with E-state index in [1.54, 1.807) is 18.2 Å². The summed E-state index contributed by atoms with van der Waals surface area (Å²) in [7, 11) is 0. The van der Waals surface area contributed by atoms with Gasteiger partial charge in [-0.25, -0.2) is 0 Å². The number of benzene rings is 1. The Bertz CT molecular complexity index is 960. The van der Waals surface area contributed by atoms with Gasteiger partial charge in [0.2, 0.25) is 16.9 Å². The van der Waals surface area contributed by atoms with Crippen molar-refractivity contribution >= 4 is 45.7 Å². The summed E-state index contributed by atoms with van der Waals surface area (Å²) in [4.78, 5) is 24.9. The van der Waals surface area contributed by atoms with Crippen LogP contribution in [0.4, 0.5) is 10.8 Å². The first-order valence-electron chi connectivity index (χ1n) is 11.6. The van der Waals surface area contributed by atoms with Crippen LogP contribution in [0.2, 0.25) is 0 Å². The highest BCUT2D eigenvalue weighted by Crippen LogP contribution is 2.34. The van der Waals surface area contributed by atoms with E-state index in [9.17, 15) is 9.59 Å². The minimum absolute atomic E-state index is 0.0352. The largest absolute Gasteiger partial charge is 0.486 e. The van der Waals surface area contributed by atoms with Crippen molar-refractivity contribution in [2.45, 2.75) is 56.2 Å². The molecule has 0 atom stereocenters. The van der Waals surface area contributed by atoms with Gasteiger partial charge < -0.3 is 20.1 Å². The van der Waals surface area contributed by atoms with Crippen LogP contribution in [-0.2, 0) is 9.59 Å². The summed E-state index contributed by atoms with van der Waals surface area (Å²) in [6, 6.07) is 5.33. The molecule has 2 aliphatic rings. The van der Waals surface area contributed by atoms with Gasteiger partial charge in [0.25, 0.3) is 0 Å². The highest BCUT2D eigenvalue weighted by molar-refractivity contribution is 8.01. The molecule has 0 saturated heterocycles. The maximum absolute atomic E-state index is 12.6. The molecule has 1 aliphatic heterocycles. The Hall–Kier alpha value is -2.33. The number of nitrogens with zero attached hydrogens (tertiary/aromatic N) is 2. The maximum atomic E-state index is 12.6. The molecule has 4 rings (SSSR count). The van der Waals surface area contributed by atoms with E-state index in [0.29, 0.717) is 39.9 Å². The zero-order valence-electron chi connectivity index (χ0n) is 18.8. The van der Waals surface area contributed by atoms with E-state index >= 15 is 0 Å². The standard InChI is InChI=1S/C23H30N4O4S2/c1-2-3-4-15-5-7-16(8-6-15)21(29)25-22-26-27-23(33-22)32-14-20(28)24-17-9-10-18-19(13-17)31-12-11-30-18/h9-10,13,15-16H,2-8,11-12,14H2,1H3,(H,24,28)(H,25,26,29). The van der Waals surface area contributed by atoms with Crippen LogP contribution < -0.4 is 20.1 Å². The van der Waals surface area contributed by atoms with Crippen LogP contribution in [0.1, 0.15) is 51.9 Å². The third kappa shape index (κ3) is 6.83. The van der Waals surface area contributed by atoms with Gasteiger partial charge in [0.1, 0.15) is 13.2 Å². The molecule has 8 nitrogen and oxygen atoms in total. The molecule has 0 spiro atoms. The van der Waals surface area contributed by atoms with E-state index in [0.717, 1.165) is 31.6 Å². The lowest BCUT2D eigenvalue weighted by atomic mass is 9.79. The zero-order chi connectivity index (χ0) is 23.0. The number of ether oxygens (including phenoxy) is 2. The molecule has 33 heavy (non-hydrogen) atoms. The molecule has 0 bridgehead atoms. The van der Waals surface area contributed by atoms with E-state index in [4.69, 9.17) is 9.47 Å². The minimum Gasteiger partial charge on any atom is -0.486 e. The number of carbonyl (C=O) groups excluding carboxylic acids is 2. The van der Waals surface area contributed by atoms with Crippen molar-refractivity contribution in [2.75, 3.05) is 29.6 Å². The number of hydrogen-bond acceptors (Lipinski definition) is 8. The second kappa shape index (κ2) is 11.7. The molecular weight excluding hydrogens is 460 g/mol. The first-order valence-corrected chi connectivity index (χ1v) is 13.4. The predicted octanol–water partition coefficient (Wildman–Crippen LogP) is 4.98. The summed E-state index contributed by atoms with van der Waals surface area (Å²) >= 11 is 2.59. The van der Waals surface area contributed by atoms with Crippen LogP contribution >= 0.6 is 23.1 Å². The summed E-state index contributed by atoms with van der Waals surface area (Å²) in [5, 5.41) is 14.4. The molecule has 10 heteroatoms. The van der Waals surface area contributed by atoms with E-state index in [-0.39, 0.29) is 23.5 Å². The summed E-state index contributed by atoms with van der Waals surface area (Å²) < 4.78 is 11.7. The number of aromatic nitrogens is 2. The number of hydrogen-bond donors (Lipinski definition) is 2. The van der Waals surface area contributed by atoms with Crippen molar-refractivity contribution in [3.63, 3.8) is 0 Å². The van der Waals surface area contributed by atoms with E-state index < -0.39 is 0 Å². The molecular formula is C23H30N4O4S2. The van der Waals surface area contributed by atoms with Gasteiger partial charge in [0.15, 0.2) is 15.8 Å². The van der Waals surface area contributed by atoms with Gasteiger partial charge in [-0.3, -0.25) is 9.59 Å². The van der Waals surface area contributed by atoms with Crippen LogP contribution in [0.15, 0.2) is 22.5 Å². The van der Waals surface area contributed by atoms with Crippen molar-refractivity contribution in [3.8, 4) is 11.5 Å². The molecule has 1 fully saturated rings. The fraction of sp³-hybridized carbons (Fsp3) is 0.565. The van der Waals surface area contributed by atoms with Gasteiger partial charge in [-0.1, -0.05) is 49.3 Å². The number of fused-ring (bicyclic) bond motifs is 1. The molecule has 1 saturated carbocycles. The molecule has 1 aliphatic carbocycles. The number of amides is 2. The Morgan fingerprint density at radius 3 is 2.67 bits per heavy atom. The van der Waals surface area contributed by atoms with Gasteiger partial charge in [-0.2, -0.15) is 0 Å². The highest BCUT2D eigenvalue weighted by Gasteiger charge is 2.26. The van der Waals surface area contributed by atoms with Crippen molar-refractivity contribution in [1.29, 1.82) is 0 Å². The van der Waals surface area contributed by atoms with Crippen LogP contribution in [0, 0.1) is 11.8 Å². The lowest BCUT2D eigenvalue weighted by Gasteiger charge is -2.27. The summed E-state index contributed by atoms with van der Waals surface area (Å²) in [6.07, 6.45) is 7.95. The minimum atomic E-state index is -0.155. The Balaban J connectivity index is 1.20. The third-order valence-corrected chi connectivity index (χ3v) is 7.94. The topological polar surface area (TPSA) is 102 Å². The van der Waals surface area contributed by atoms with E-state index in [1.807, 2.05) is 0 Å². The van der Waals surface area contributed by atoms with Crippen LogP contribution in [0.5, 0.6) is 11.5 Å². The average Bonchev–Trinajstić information content (AvgIpc) is 3.29. The fourth-order valence-electron chi connectivity index (χ4n) is 4.18. The number of rotatable bonds is 9. The Morgan fingerprint density at radius 1 is 1.09 bits per heavy atom. The molecule has 2 N–H and O–H groups in total. The normalized spacial score (nSPS) is 19.7. The van der Waals surface area contributed by atoms with Crippen LogP contribution in [0.25, 0.3) is 0 Å². The van der Waals surface area contributed by atoms with Gasteiger partial charge >= 0.3 is 0 Å². The molecule has 1 aromatic heterocycles. The molecule has 2 amide bonds. The predicted molar refractivity (Wildman–Crippen MR) is 130 cm³/mol. The van der Waals surface area contributed by atoms with Gasteiger partial charge in [-0.15, -0.1) is 10.2 Å². The smallest absolute Gasteiger partial charge is 0.234 e. The Morgan fingerprint density at radius 2 is 1.88 bits per heavy atom. The van der Waals surface area contributed by atoms with Crippen LogP contribution in [0.3, 0.4) is 0 Å². The molecule has 0 radical (unpaired) electrons. The number of thioether (sulfide) groups is 1. The highest BCUT2D eigenvalue weighted by atomic mass is 32.2. The van der Waals surface area contributed by atoms with Gasteiger partial charge in [0.05, 0.1) is 5.75 Å². The third-order valence-electron chi connectivity index (χ3n) is 5.97. The second-order valence-corrected chi connectivity index (χ2v) is 10.6. The Labute approximate surface area is 202 Å². The van der Waals surface area contributed by atoms with E-state index in [1.165, 1.54) is 42.4 Å².